The van der Waals surface area contributed by atoms with Gasteiger partial charge in [-0.2, -0.15) is 5.10 Å². The standard InChI is InChI=1S/C13H23N5O/c1-9-10(8-14)13(17(3)16-9)18-7-5-4-6-11(18)12(19)15-2/h11H,4-8,14H2,1-3H3,(H,15,19). The SMILES string of the molecule is CNC(=O)C1CCCCN1c1c(CN)c(C)nn1C. The van der Waals surface area contributed by atoms with E-state index in [1.165, 1.54) is 0 Å². The van der Waals surface area contributed by atoms with E-state index in [-0.39, 0.29) is 11.9 Å². The highest BCUT2D eigenvalue weighted by Crippen LogP contribution is 2.29. The molecule has 1 aliphatic heterocycles. The normalized spacial score (nSPS) is 19.6. The lowest BCUT2D eigenvalue weighted by molar-refractivity contribution is -0.122. The van der Waals surface area contributed by atoms with Crippen molar-refractivity contribution in [3.63, 3.8) is 0 Å². The van der Waals surface area contributed by atoms with Crippen molar-refractivity contribution in [1.29, 1.82) is 0 Å². The molecule has 0 aromatic carbocycles. The quantitative estimate of drug-likeness (QED) is 0.824. The molecule has 1 saturated heterocycles. The van der Waals surface area contributed by atoms with E-state index in [1.54, 1.807) is 7.05 Å². The molecule has 2 rings (SSSR count). The summed E-state index contributed by atoms with van der Waals surface area (Å²) in [4.78, 5) is 14.2. The summed E-state index contributed by atoms with van der Waals surface area (Å²) < 4.78 is 1.85. The van der Waals surface area contributed by atoms with Crippen molar-refractivity contribution in [3.8, 4) is 0 Å². The molecule has 0 radical (unpaired) electrons. The number of nitrogens with two attached hydrogens (primary N) is 1. The molecule has 1 aromatic heterocycles. The van der Waals surface area contributed by atoms with E-state index in [4.69, 9.17) is 5.73 Å². The molecule has 0 aliphatic carbocycles. The van der Waals surface area contributed by atoms with Crippen LogP contribution in [0.4, 0.5) is 5.82 Å². The molecule has 0 bridgehead atoms. The van der Waals surface area contributed by atoms with Gasteiger partial charge >= 0.3 is 0 Å². The first kappa shape index (κ1) is 13.9. The Balaban J connectivity index is 2.40. The van der Waals surface area contributed by atoms with Crippen LogP contribution < -0.4 is 16.0 Å². The van der Waals surface area contributed by atoms with E-state index >= 15 is 0 Å². The molecule has 6 heteroatoms. The van der Waals surface area contributed by atoms with Crippen LogP contribution in [0.3, 0.4) is 0 Å². The minimum atomic E-state index is -0.112. The van der Waals surface area contributed by atoms with E-state index in [0.717, 1.165) is 42.9 Å². The first-order chi connectivity index (χ1) is 9.10. The van der Waals surface area contributed by atoms with Gasteiger partial charge in [-0.1, -0.05) is 0 Å². The van der Waals surface area contributed by atoms with Crippen LogP contribution in [0.2, 0.25) is 0 Å². The monoisotopic (exact) mass is 265 g/mol. The van der Waals surface area contributed by atoms with Gasteiger partial charge in [-0.25, -0.2) is 0 Å². The summed E-state index contributed by atoms with van der Waals surface area (Å²) in [7, 11) is 3.60. The van der Waals surface area contributed by atoms with Gasteiger partial charge in [0.1, 0.15) is 11.9 Å². The number of hydrogen-bond acceptors (Lipinski definition) is 4. The van der Waals surface area contributed by atoms with E-state index in [1.807, 2.05) is 18.7 Å². The Hall–Kier alpha value is -1.56. The molecule has 1 aliphatic rings. The second-order valence-electron chi connectivity index (χ2n) is 5.03. The van der Waals surface area contributed by atoms with Gasteiger partial charge in [-0.15, -0.1) is 0 Å². The maximum absolute atomic E-state index is 12.1. The molecule has 0 spiro atoms. The molecule has 6 nitrogen and oxygen atoms in total. The Morgan fingerprint density at radius 1 is 1.53 bits per heavy atom. The molecule has 1 atom stereocenters. The Morgan fingerprint density at radius 2 is 2.26 bits per heavy atom. The van der Waals surface area contributed by atoms with E-state index in [0.29, 0.717) is 6.54 Å². The fourth-order valence-corrected chi connectivity index (χ4v) is 2.91. The maximum Gasteiger partial charge on any atom is 0.242 e. The number of hydrogen-bond donors (Lipinski definition) is 2. The van der Waals surface area contributed by atoms with Crippen LogP contribution in [0.25, 0.3) is 0 Å². The summed E-state index contributed by atoms with van der Waals surface area (Å²) in [5.74, 6) is 1.06. The van der Waals surface area contributed by atoms with Crippen molar-refractivity contribution in [1.82, 2.24) is 15.1 Å². The smallest absolute Gasteiger partial charge is 0.242 e. The predicted octanol–water partition coefficient (Wildman–Crippen LogP) is 0.292. The molecule has 0 saturated carbocycles. The fourth-order valence-electron chi connectivity index (χ4n) is 2.91. The molecule has 19 heavy (non-hydrogen) atoms. The minimum Gasteiger partial charge on any atom is -0.357 e. The lowest BCUT2D eigenvalue weighted by Gasteiger charge is -2.36. The zero-order chi connectivity index (χ0) is 14.0. The highest BCUT2D eigenvalue weighted by molar-refractivity contribution is 5.85. The molecule has 1 aromatic rings. The zero-order valence-electron chi connectivity index (χ0n) is 11.9. The van der Waals surface area contributed by atoms with Gasteiger partial charge in [0.05, 0.1) is 5.69 Å². The number of nitrogens with zero attached hydrogens (tertiary/aromatic N) is 3. The summed E-state index contributed by atoms with van der Waals surface area (Å²) in [5, 5.41) is 7.20. The van der Waals surface area contributed by atoms with Gasteiger partial charge in [-0.05, 0) is 26.2 Å². The molecule has 3 N–H and O–H groups in total. The highest BCUT2D eigenvalue weighted by Gasteiger charge is 2.31. The average Bonchev–Trinajstić information content (AvgIpc) is 2.71. The number of amides is 1. The number of nitrogens with one attached hydrogen (secondary N) is 1. The minimum absolute atomic E-state index is 0.0709. The number of carbonyl (C=O) groups is 1. The Kier molecular flexibility index (Phi) is 4.09. The lowest BCUT2D eigenvalue weighted by atomic mass is 10.0. The fraction of sp³-hybridized carbons (Fsp3) is 0.692. The predicted molar refractivity (Wildman–Crippen MR) is 74.9 cm³/mol. The van der Waals surface area contributed by atoms with Crippen LogP contribution in [0.15, 0.2) is 0 Å². The third-order valence-corrected chi connectivity index (χ3v) is 3.84. The lowest BCUT2D eigenvalue weighted by Crippen LogP contribution is -2.49. The number of piperidine rings is 1. The third-order valence-electron chi connectivity index (χ3n) is 3.84. The van der Waals surface area contributed by atoms with Crippen LogP contribution in [0.5, 0.6) is 0 Å². The summed E-state index contributed by atoms with van der Waals surface area (Å²) in [6.07, 6.45) is 3.07. The van der Waals surface area contributed by atoms with Crippen molar-refractivity contribution < 1.29 is 4.79 Å². The summed E-state index contributed by atoms with van der Waals surface area (Å²) >= 11 is 0. The van der Waals surface area contributed by atoms with Crippen LogP contribution >= 0.6 is 0 Å². The van der Waals surface area contributed by atoms with E-state index < -0.39 is 0 Å². The number of aryl methyl sites for hydroxylation is 2. The molecule has 1 unspecified atom stereocenters. The van der Waals surface area contributed by atoms with Crippen LogP contribution in [-0.4, -0.2) is 35.3 Å². The number of rotatable bonds is 3. The number of carbonyl (C=O) groups excluding carboxylic acids is 1. The second kappa shape index (κ2) is 5.61. The van der Waals surface area contributed by atoms with Crippen molar-refractivity contribution in [2.75, 3.05) is 18.5 Å². The first-order valence-electron chi connectivity index (χ1n) is 6.81. The van der Waals surface area contributed by atoms with Crippen LogP contribution in [0, 0.1) is 6.92 Å². The topological polar surface area (TPSA) is 76.2 Å². The van der Waals surface area contributed by atoms with Gasteiger partial charge < -0.3 is 16.0 Å². The molecule has 2 heterocycles. The molecular formula is C13H23N5O. The highest BCUT2D eigenvalue weighted by atomic mass is 16.2. The van der Waals surface area contributed by atoms with E-state index in [2.05, 4.69) is 15.3 Å². The molecule has 1 fully saturated rings. The van der Waals surface area contributed by atoms with Crippen LogP contribution in [0.1, 0.15) is 30.5 Å². The van der Waals surface area contributed by atoms with E-state index in [9.17, 15) is 4.79 Å². The van der Waals surface area contributed by atoms with Crippen molar-refractivity contribution in [2.45, 2.75) is 38.8 Å². The van der Waals surface area contributed by atoms with Gasteiger partial charge in [0.2, 0.25) is 5.91 Å². The molecular weight excluding hydrogens is 242 g/mol. The number of aromatic nitrogens is 2. The molecule has 106 valence electrons. The maximum atomic E-state index is 12.1. The van der Waals surface area contributed by atoms with Crippen molar-refractivity contribution in [3.05, 3.63) is 11.3 Å². The number of likely N-dealkylation sites (N-methyl/N-ethyl adjacent to an activating group) is 1. The first-order valence-corrected chi connectivity index (χ1v) is 6.81. The van der Waals surface area contributed by atoms with Crippen molar-refractivity contribution in [2.24, 2.45) is 12.8 Å². The Morgan fingerprint density at radius 3 is 2.89 bits per heavy atom. The van der Waals surface area contributed by atoms with Crippen molar-refractivity contribution >= 4 is 11.7 Å². The second-order valence-corrected chi connectivity index (χ2v) is 5.03. The summed E-state index contributed by atoms with van der Waals surface area (Å²) in [6.45, 7) is 3.29. The Labute approximate surface area is 113 Å². The summed E-state index contributed by atoms with van der Waals surface area (Å²) in [6, 6.07) is -0.112. The molecule has 1 amide bonds. The van der Waals surface area contributed by atoms with Gasteiger partial charge in [0.15, 0.2) is 0 Å². The zero-order valence-corrected chi connectivity index (χ0v) is 11.9. The van der Waals surface area contributed by atoms with Crippen LogP contribution in [-0.2, 0) is 18.4 Å². The Bertz CT molecular complexity index is 468. The van der Waals surface area contributed by atoms with Gasteiger partial charge in [0.25, 0.3) is 0 Å². The number of anilines is 1. The average molecular weight is 265 g/mol. The summed E-state index contributed by atoms with van der Waals surface area (Å²) in [5.41, 5.74) is 7.83. The largest absolute Gasteiger partial charge is 0.357 e. The third kappa shape index (κ3) is 2.45. The van der Waals surface area contributed by atoms with Gasteiger partial charge in [0, 0.05) is 32.7 Å². The van der Waals surface area contributed by atoms with Gasteiger partial charge in [-0.3, -0.25) is 9.48 Å².